The SMILES string of the molecule is Nc1ccncc1CC(N)COCC(F)(F)C(F)F. The molecule has 0 amide bonds. The summed E-state index contributed by atoms with van der Waals surface area (Å²) in [6.07, 6.45) is -0.481. The number of nitrogens with zero attached hydrogens (tertiary/aromatic N) is 1. The third-order valence-electron chi connectivity index (χ3n) is 2.37. The quantitative estimate of drug-likeness (QED) is 0.742. The first-order chi connectivity index (χ1) is 8.83. The van der Waals surface area contributed by atoms with Crippen molar-refractivity contribution in [3.05, 3.63) is 24.0 Å². The molecule has 8 heteroatoms. The lowest BCUT2D eigenvalue weighted by molar-refractivity contribution is -0.166. The molecule has 1 heterocycles. The molecule has 108 valence electrons. The smallest absolute Gasteiger partial charge is 0.330 e. The molecule has 19 heavy (non-hydrogen) atoms. The monoisotopic (exact) mass is 281 g/mol. The Labute approximate surface area is 107 Å². The molecule has 0 fully saturated rings. The predicted octanol–water partition coefficient (Wildman–Crippen LogP) is 1.45. The molecule has 0 aliphatic carbocycles. The third-order valence-corrected chi connectivity index (χ3v) is 2.37. The van der Waals surface area contributed by atoms with Crippen LogP contribution in [0, 0.1) is 0 Å². The van der Waals surface area contributed by atoms with E-state index in [9.17, 15) is 17.6 Å². The van der Waals surface area contributed by atoms with Crippen molar-refractivity contribution in [1.82, 2.24) is 4.98 Å². The van der Waals surface area contributed by atoms with E-state index in [-0.39, 0.29) is 13.0 Å². The van der Waals surface area contributed by atoms with Crippen molar-refractivity contribution < 1.29 is 22.3 Å². The van der Waals surface area contributed by atoms with E-state index in [1.54, 1.807) is 6.07 Å². The number of alkyl halides is 4. The summed E-state index contributed by atoms with van der Waals surface area (Å²) in [5.41, 5.74) is 12.4. The topological polar surface area (TPSA) is 74.2 Å². The third kappa shape index (κ3) is 4.99. The van der Waals surface area contributed by atoms with Crippen LogP contribution in [0.25, 0.3) is 0 Å². The Morgan fingerprint density at radius 2 is 2.05 bits per heavy atom. The zero-order chi connectivity index (χ0) is 14.5. The molecule has 4 N–H and O–H groups in total. The summed E-state index contributed by atoms with van der Waals surface area (Å²) in [5.74, 6) is -4.16. The molecule has 1 rings (SSSR count). The zero-order valence-corrected chi connectivity index (χ0v) is 10.0. The van der Waals surface area contributed by atoms with Crippen LogP contribution in [0.15, 0.2) is 18.5 Å². The molecular formula is C11H15F4N3O. The number of hydrogen-bond acceptors (Lipinski definition) is 4. The van der Waals surface area contributed by atoms with Gasteiger partial charge >= 0.3 is 12.3 Å². The molecule has 0 radical (unpaired) electrons. The highest BCUT2D eigenvalue weighted by Crippen LogP contribution is 2.22. The van der Waals surface area contributed by atoms with Crippen LogP contribution >= 0.6 is 0 Å². The second-order valence-electron chi connectivity index (χ2n) is 4.12. The largest absolute Gasteiger partial charge is 0.398 e. The zero-order valence-electron chi connectivity index (χ0n) is 10.0. The van der Waals surface area contributed by atoms with Gasteiger partial charge in [-0.15, -0.1) is 0 Å². The highest BCUT2D eigenvalue weighted by molar-refractivity contribution is 5.44. The summed E-state index contributed by atoms with van der Waals surface area (Å²) in [6, 6.07) is 0.952. The van der Waals surface area contributed by atoms with Crippen molar-refractivity contribution in [3.63, 3.8) is 0 Å². The van der Waals surface area contributed by atoms with E-state index in [1.165, 1.54) is 12.4 Å². The van der Waals surface area contributed by atoms with Gasteiger partial charge in [0, 0.05) is 24.1 Å². The van der Waals surface area contributed by atoms with E-state index in [0.717, 1.165) is 0 Å². The number of hydrogen-bond donors (Lipinski definition) is 2. The molecule has 0 aliphatic heterocycles. The number of rotatable bonds is 7. The van der Waals surface area contributed by atoms with Gasteiger partial charge in [0.05, 0.1) is 6.61 Å². The molecule has 0 saturated heterocycles. The number of ether oxygens (including phenoxy) is 1. The Hall–Kier alpha value is -1.41. The lowest BCUT2D eigenvalue weighted by atomic mass is 10.1. The van der Waals surface area contributed by atoms with Gasteiger partial charge < -0.3 is 16.2 Å². The van der Waals surface area contributed by atoms with E-state index < -0.39 is 25.0 Å². The number of aromatic nitrogens is 1. The van der Waals surface area contributed by atoms with Gasteiger partial charge in [-0.3, -0.25) is 4.98 Å². The number of nitrogen functional groups attached to an aromatic ring is 1. The average molecular weight is 281 g/mol. The minimum Gasteiger partial charge on any atom is -0.398 e. The number of pyridine rings is 1. The molecule has 1 aromatic rings. The maximum absolute atomic E-state index is 12.5. The van der Waals surface area contributed by atoms with Crippen molar-refractivity contribution in [1.29, 1.82) is 0 Å². The molecule has 1 aromatic heterocycles. The van der Waals surface area contributed by atoms with E-state index in [0.29, 0.717) is 11.3 Å². The minimum atomic E-state index is -4.16. The minimum absolute atomic E-state index is 0.264. The first-order valence-corrected chi connectivity index (χ1v) is 5.50. The second kappa shape index (κ2) is 6.67. The normalized spacial score (nSPS) is 13.8. The molecule has 0 aliphatic rings. The van der Waals surface area contributed by atoms with Crippen LogP contribution in [-0.2, 0) is 11.2 Å². The average Bonchev–Trinajstić information content (AvgIpc) is 2.31. The summed E-state index contributed by atoms with van der Waals surface area (Å²) in [5, 5.41) is 0. The molecule has 0 bridgehead atoms. The van der Waals surface area contributed by atoms with Gasteiger partial charge in [0.25, 0.3) is 0 Å². The lowest BCUT2D eigenvalue weighted by Gasteiger charge is -2.17. The van der Waals surface area contributed by atoms with Gasteiger partial charge in [-0.25, -0.2) is 8.78 Å². The van der Waals surface area contributed by atoms with Crippen LogP contribution in [0.3, 0.4) is 0 Å². The molecule has 0 saturated carbocycles. The first kappa shape index (κ1) is 15.6. The van der Waals surface area contributed by atoms with E-state index >= 15 is 0 Å². The Morgan fingerprint density at radius 1 is 1.37 bits per heavy atom. The summed E-state index contributed by atoms with van der Waals surface area (Å²) in [6.45, 7) is -1.63. The van der Waals surface area contributed by atoms with Crippen LogP contribution in [0.1, 0.15) is 5.56 Å². The van der Waals surface area contributed by atoms with Gasteiger partial charge in [-0.1, -0.05) is 0 Å². The lowest BCUT2D eigenvalue weighted by Crippen LogP contribution is -2.36. The summed E-state index contributed by atoms with van der Waals surface area (Å²) < 4.78 is 53.3. The number of anilines is 1. The Morgan fingerprint density at radius 3 is 2.63 bits per heavy atom. The van der Waals surface area contributed by atoms with E-state index in [2.05, 4.69) is 9.72 Å². The Kier molecular flexibility index (Phi) is 5.49. The summed E-state index contributed by atoms with van der Waals surface area (Å²) >= 11 is 0. The number of halogens is 4. The van der Waals surface area contributed by atoms with Crippen LogP contribution in [0.2, 0.25) is 0 Å². The maximum atomic E-state index is 12.5. The van der Waals surface area contributed by atoms with Crippen molar-refractivity contribution in [2.75, 3.05) is 18.9 Å². The highest BCUT2D eigenvalue weighted by atomic mass is 19.3. The molecule has 4 nitrogen and oxygen atoms in total. The van der Waals surface area contributed by atoms with Crippen LogP contribution in [0.5, 0.6) is 0 Å². The standard InChI is InChI=1S/C11H15F4N3O/c12-10(13)11(14,15)6-19-5-8(16)3-7-4-18-2-1-9(7)17/h1-2,4,8,10H,3,5-6,16H2,(H2,17,18). The molecule has 0 aromatic carbocycles. The van der Waals surface area contributed by atoms with Crippen molar-refractivity contribution in [3.8, 4) is 0 Å². The van der Waals surface area contributed by atoms with Gasteiger partial charge in [-0.05, 0) is 18.1 Å². The van der Waals surface area contributed by atoms with Gasteiger partial charge in [0.1, 0.15) is 6.61 Å². The van der Waals surface area contributed by atoms with Crippen molar-refractivity contribution >= 4 is 5.69 Å². The first-order valence-electron chi connectivity index (χ1n) is 5.50. The van der Waals surface area contributed by atoms with Gasteiger partial charge in [0.15, 0.2) is 0 Å². The van der Waals surface area contributed by atoms with Gasteiger partial charge in [-0.2, -0.15) is 8.78 Å². The summed E-state index contributed by atoms with van der Waals surface area (Å²) in [7, 11) is 0. The molecule has 1 unspecified atom stereocenters. The van der Waals surface area contributed by atoms with Crippen molar-refractivity contribution in [2.24, 2.45) is 5.73 Å². The van der Waals surface area contributed by atoms with Gasteiger partial charge in [0.2, 0.25) is 0 Å². The van der Waals surface area contributed by atoms with Crippen LogP contribution in [-0.4, -0.2) is 36.6 Å². The molecule has 0 spiro atoms. The van der Waals surface area contributed by atoms with Crippen LogP contribution < -0.4 is 11.5 Å². The fraction of sp³-hybridized carbons (Fsp3) is 0.545. The molecule has 1 atom stereocenters. The number of nitrogens with two attached hydrogens (primary N) is 2. The van der Waals surface area contributed by atoms with E-state index in [1.807, 2.05) is 0 Å². The Bertz CT molecular complexity index is 403. The second-order valence-corrected chi connectivity index (χ2v) is 4.12. The highest BCUT2D eigenvalue weighted by Gasteiger charge is 2.41. The van der Waals surface area contributed by atoms with Crippen LogP contribution in [0.4, 0.5) is 23.2 Å². The summed E-state index contributed by atoms with van der Waals surface area (Å²) in [4.78, 5) is 3.85. The molecular weight excluding hydrogens is 266 g/mol. The fourth-order valence-electron chi connectivity index (χ4n) is 1.36. The predicted molar refractivity (Wildman–Crippen MR) is 62.1 cm³/mol. The van der Waals surface area contributed by atoms with Crippen molar-refractivity contribution in [2.45, 2.75) is 24.8 Å². The fourth-order valence-corrected chi connectivity index (χ4v) is 1.36. The maximum Gasteiger partial charge on any atom is 0.330 e. The Balaban J connectivity index is 2.37. The van der Waals surface area contributed by atoms with E-state index in [4.69, 9.17) is 11.5 Å².